The highest BCUT2D eigenvalue weighted by molar-refractivity contribution is 6.01. The Kier molecular flexibility index (Phi) is 2.80. The van der Waals surface area contributed by atoms with E-state index in [2.05, 4.69) is 4.98 Å². The number of hydrogen-bond acceptors (Lipinski definition) is 2. The van der Waals surface area contributed by atoms with Gasteiger partial charge in [-0.1, -0.05) is 6.08 Å². The molecule has 0 aliphatic rings. The Hall–Kier alpha value is -1.38. The first-order valence-electron chi connectivity index (χ1n) is 3.97. The molecule has 0 amide bonds. The number of hydrogen-bond donors (Lipinski definition) is 0. The fourth-order valence-electron chi connectivity index (χ4n) is 1.02. The number of aromatic nitrogens is 2. The van der Waals surface area contributed by atoms with Gasteiger partial charge in [0.25, 0.3) is 0 Å². The van der Waals surface area contributed by atoms with Crippen LogP contribution in [0, 0.1) is 0 Å². The Morgan fingerprint density at radius 1 is 1.75 bits per heavy atom. The van der Waals surface area contributed by atoms with E-state index >= 15 is 0 Å². The zero-order chi connectivity index (χ0) is 8.97. The van der Waals surface area contributed by atoms with Gasteiger partial charge in [0, 0.05) is 18.9 Å². The van der Waals surface area contributed by atoms with E-state index in [1.165, 1.54) is 6.08 Å². The number of aryl methyl sites for hydroxylation is 1. The van der Waals surface area contributed by atoms with Crippen molar-refractivity contribution < 1.29 is 4.79 Å². The first-order chi connectivity index (χ1) is 5.79. The molecule has 1 aromatic rings. The van der Waals surface area contributed by atoms with Crippen LogP contribution < -0.4 is 0 Å². The molecule has 0 aliphatic heterocycles. The number of carbonyl (C=O) groups excluding carboxylic acids is 1. The second-order valence-corrected chi connectivity index (χ2v) is 2.40. The molecule has 64 valence electrons. The van der Waals surface area contributed by atoms with E-state index in [0.29, 0.717) is 5.82 Å². The van der Waals surface area contributed by atoms with E-state index in [0.717, 1.165) is 6.54 Å². The number of rotatable bonds is 3. The van der Waals surface area contributed by atoms with Crippen molar-refractivity contribution in [2.45, 2.75) is 20.4 Å². The summed E-state index contributed by atoms with van der Waals surface area (Å²) < 4.78 is 1.82. The Morgan fingerprint density at radius 2 is 2.50 bits per heavy atom. The predicted octanol–water partition coefficient (Wildman–Crippen LogP) is 1.66. The van der Waals surface area contributed by atoms with Crippen molar-refractivity contribution in [2.75, 3.05) is 0 Å². The summed E-state index contributed by atoms with van der Waals surface area (Å²) in [7, 11) is 0. The summed E-state index contributed by atoms with van der Waals surface area (Å²) in [6.45, 7) is 4.57. The maximum absolute atomic E-state index is 11.3. The number of allylic oxidation sites excluding steroid dienone is 2. The van der Waals surface area contributed by atoms with E-state index in [1.54, 1.807) is 18.5 Å². The molecule has 3 nitrogen and oxygen atoms in total. The van der Waals surface area contributed by atoms with Crippen LogP contribution in [-0.2, 0) is 6.54 Å². The summed E-state index contributed by atoms with van der Waals surface area (Å²) >= 11 is 0. The van der Waals surface area contributed by atoms with Gasteiger partial charge in [-0.05, 0) is 19.9 Å². The quantitative estimate of drug-likeness (QED) is 0.503. The third-order valence-corrected chi connectivity index (χ3v) is 1.59. The van der Waals surface area contributed by atoms with Crippen LogP contribution in [0.4, 0.5) is 0 Å². The van der Waals surface area contributed by atoms with Crippen LogP contribution in [0.15, 0.2) is 24.5 Å². The number of carbonyl (C=O) groups is 1. The second kappa shape index (κ2) is 3.85. The number of imidazole rings is 1. The molecule has 1 heterocycles. The van der Waals surface area contributed by atoms with E-state index in [1.807, 2.05) is 18.4 Å². The lowest BCUT2D eigenvalue weighted by Gasteiger charge is -1.99. The van der Waals surface area contributed by atoms with Crippen molar-refractivity contribution in [2.24, 2.45) is 0 Å². The maximum Gasteiger partial charge on any atom is 0.220 e. The lowest BCUT2D eigenvalue weighted by atomic mass is 10.3. The summed E-state index contributed by atoms with van der Waals surface area (Å²) in [6.07, 6.45) is 6.68. The van der Waals surface area contributed by atoms with Crippen LogP contribution in [0.3, 0.4) is 0 Å². The van der Waals surface area contributed by atoms with Crippen molar-refractivity contribution >= 4 is 5.78 Å². The molecule has 12 heavy (non-hydrogen) atoms. The van der Waals surface area contributed by atoms with Gasteiger partial charge in [0.15, 0.2) is 5.82 Å². The van der Waals surface area contributed by atoms with Crippen molar-refractivity contribution in [3.63, 3.8) is 0 Å². The Morgan fingerprint density at radius 3 is 3.08 bits per heavy atom. The largest absolute Gasteiger partial charge is 0.329 e. The van der Waals surface area contributed by atoms with Crippen LogP contribution in [-0.4, -0.2) is 15.3 Å². The van der Waals surface area contributed by atoms with Crippen LogP contribution in [0.2, 0.25) is 0 Å². The zero-order valence-electron chi connectivity index (χ0n) is 7.32. The summed E-state index contributed by atoms with van der Waals surface area (Å²) in [5, 5.41) is 0. The molecular weight excluding hydrogens is 152 g/mol. The van der Waals surface area contributed by atoms with Crippen LogP contribution >= 0.6 is 0 Å². The minimum atomic E-state index is -0.0376. The molecular formula is C9H12N2O. The highest BCUT2D eigenvalue weighted by atomic mass is 16.1. The molecule has 1 rings (SSSR count). The van der Waals surface area contributed by atoms with E-state index in [-0.39, 0.29) is 5.78 Å². The standard InChI is InChI=1S/C9H12N2O/c1-3-5-8(12)9-10-6-7-11(9)4-2/h3,5-7H,4H2,1-2H3/b5-3+. The molecule has 0 saturated carbocycles. The third kappa shape index (κ3) is 1.61. The van der Waals surface area contributed by atoms with Gasteiger partial charge in [0.2, 0.25) is 5.78 Å². The van der Waals surface area contributed by atoms with Gasteiger partial charge < -0.3 is 4.57 Å². The molecule has 0 spiro atoms. The molecule has 0 N–H and O–H groups in total. The minimum absolute atomic E-state index is 0.0376. The van der Waals surface area contributed by atoms with Crippen molar-refractivity contribution in [1.82, 2.24) is 9.55 Å². The van der Waals surface area contributed by atoms with Crippen LogP contribution in [0.1, 0.15) is 24.5 Å². The van der Waals surface area contributed by atoms with Gasteiger partial charge >= 0.3 is 0 Å². The van der Waals surface area contributed by atoms with Gasteiger partial charge in [0.05, 0.1) is 0 Å². The predicted molar refractivity (Wildman–Crippen MR) is 47.0 cm³/mol. The average Bonchev–Trinajstić information content (AvgIpc) is 2.51. The fraction of sp³-hybridized carbons (Fsp3) is 0.333. The minimum Gasteiger partial charge on any atom is -0.329 e. The van der Waals surface area contributed by atoms with Gasteiger partial charge in [-0.3, -0.25) is 4.79 Å². The lowest BCUT2D eigenvalue weighted by molar-refractivity contribution is 0.103. The summed E-state index contributed by atoms with van der Waals surface area (Å²) in [6, 6.07) is 0. The molecule has 0 fully saturated rings. The van der Waals surface area contributed by atoms with Crippen LogP contribution in [0.25, 0.3) is 0 Å². The monoisotopic (exact) mass is 164 g/mol. The van der Waals surface area contributed by atoms with Crippen molar-refractivity contribution in [3.05, 3.63) is 30.4 Å². The Balaban J connectivity index is 2.93. The molecule has 0 radical (unpaired) electrons. The topological polar surface area (TPSA) is 34.9 Å². The van der Waals surface area contributed by atoms with Crippen LogP contribution in [0.5, 0.6) is 0 Å². The number of ketones is 1. The molecule has 0 aliphatic carbocycles. The Bertz CT molecular complexity index is 299. The molecule has 1 aromatic heterocycles. The van der Waals surface area contributed by atoms with Gasteiger partial charge in [-0.15, -0.1) is 0 Å². The highest BCUT2D eigenvalue weighted by Gasteiger charge is 2.06. The molecule has 0 aromatic carbocycles. The van der Waals surface area contributed by atoms with E-state index in [4.69, 9.17) is 0 Å². The second-order valence-electron chi connectivity index (χ2n) is 2.40. The van der Waals surface area contributed by atoms with E-state index in [9.17, 15) is 4.79 Å². The summed E-state index contributed by atoms with van der Waals surface area (Å²) in [5.41, 5.74) is 0. The van der Waals surface area contributed by atoms with E-state index < -0.39 is 0 Å². The molecule has 0 atom stereocenters. The zero-order valence-corrected chi connectivity index (χ0v) is 7.32. The Labute approximate surface area is 71.7 Å². The molecule has 0 saturated heterocycles. The van der Waals surface area contributed by atoms with Gasteiger partial charge in [-0.2, -0.15) is 0 Å². The highest BCUT2D eigenvalue weighted by Crippen LogP contribution is 1.99. The lowest BCUT2D eigenvalue weighted by Crippen LogP contribution is -2.06. The fourth-order valence-corrected chi connectivity index (χ4v) is 1.02. The third-order valence-electron chi connectivity index (χ3n) is 1.59. The first kappa shape index (κ1) is 8.71. The molecule has 3 heteroatoms. The van der Waals surface area contributed by atoms with Gasteiger partial charge in [-0.25, -0.2) is 4.98 Å². The van der Waals surface area contributed by atoms with Gasteiger partial charge in [0.1, 0.15) is 0 Å². The normalized spacial score (nSPS) is 10.8. The average molecular weight is 164 g/mol. The molecule has 0 unspecified atom stereocenters. The number of nitrogens with zero attached hydrogens (tertiary/aromatic N) is 2. The van der Waals surface area contributed by atoms with Crippen molar-refractivity contribution in [1.29, 1.82) is 0 Å². The molecule has 0 bridgehead atoms. The first-order valence-corrected chi connectivity index (χ1v) is 3.97. The van der Waals surface area contributed by atoms with Crippen molar-refractivity contribution in [3.8, 4) is 0 Å². The summed E-state index contributed by atoms with van der Waals surface area (Å²) in [5.74, 6) is 0.472. The maximum atomic E-state index is 11.3. The SMILES string of the molecule is C/C=C/C(=O)c1nccn1CC. The summed E-state index contributed by atoms with van der Waals surface area (Å²) in [4.78, 5) is 15.3. The smallest absolute Gasteiger partial charge is 0.220 e.